The van der Waals surface area contributed by atoms with Crippen LogP contribution in [-0.4, -0.2) is 10.2 Å². The molecule has 0 aliphatic heterocycles. The zero-order valence-electron chi connectivity index (χ0n) is 10.7. The summed E-state index contributed by atoms with van der Waals surface area (Å²) in [5.41, 5.74) is 0.963. The highest BCUT2D eigenvalue weighted by Gasteiger charge is 2.09. The van der Waals surface area contributed by atoms with Crippen LogP contribution in [0.5, 0.6) is 0 Å². The van der Waals surface area contributed by atoms with Crippen molar-refractivity contribution >= 4 is 26.7 Å². The molecular weight excluding hydrogens is 342 g/mol. The van der Waals surface area contributed by atoms with Crippen LogP contribution in [0.1, 0.15) is 11.3 Å². The molecule has 0 spiro atoms. The van der Waals surface area contributed by atoms with E-state index in [-0.39, 0.29) is 11.4 Å². The largest absolute Gasteiger partial charge is 0.272 e. The first-order valence-electron chi connectivity index (χ1n) is 6.15. The van der Waals surface area contributed by atoms with E-state index >= 15 is 0 Å². The van der Waals surface area contributed by atoms with Crippen molar-refractivity contribution in [2.75, 3.05) is 0 Å². The van der Waals surface area contributed by atoms with Gasteiger partial charge in [-0.05, 0) is 51.8 Å². The van der Waals surface area contributed by atoms with Gasteiger partial charge in [0.25, 0.3) is 5.56 Å². The summed E-state index contributed by atoms with van der Waals surface area (Å²) in [6, 6.07) is 8.54. The molecule has 1 aromatic heterocycles. The molecule has 6 heteroatoms. The van der Waals surface area contributed by atoms with Gasteiger partial charge in [-0.1, -0.05) is 6.07 Å². The fourth-order valence-corrected chi connectivity index (χ4v) is 2.60. The number of nitrogens with zero attached hydrogens (tertiary/aromatic N) is 1. The number of halogens is 3. The van der Waals surface area contributed by atoms with E-state index in [0.29, 0.717) is 27.4 Å². The highest BCUT2D eigenvalue weighted by molar-refractivity contribution is 9.10. The third-order valence-corrected chi connectivity index (χ3v) is 3.79. The lowest BCUT2D eigenvalue weighted by molar-refractivity contribution is 0.620. The SMILES string of the molecule is O=c1[nH]nc(Cc2ccc(F)c(Br)c2)c2cc(F)ccc12. The smallest absolute Gasteiger partial charge is 0.267 e. The van der Waals surface area contributed by atoms with Crippen LogP contribution in [0, 0.1) is 11.6 Å². The zero-order chi connectivity index (χ0) is 15.0. The van der Waals surface area contributed by atoms with E-state index in [2.05, 4.69) is 26.1 Å². The van der Waals surface area contributed by atoms with Gasteiger partial charge in [0.05, 0.1) is 15.6 Å². The lowest BCUT2D eigenvalue weighted by atomic mass is 10.0. The number of aromatic amines is 1. The number of hydrogen-bond donors (Lipinski definition) is 1. The lowest BCUT2D eigenvalue weighted by Crippen LogP contribution is -2.11. The Morgan fingerprint density at radius 3 is 2.67 bits per heavy atom. The van der Waals surface area contributed by atoms with Crippen LogP contribution in [0.3, 0.4) is 0 Å². The van der Waals surface area contributed by atoms with Gasteiger partial charge in [-0.3, -0.25) is 4.79 Å². The summed E-state index contributed by atoms with van der Waals surface area (Å²) in [5.74, 6) is -0.791. The lowest BCUT2D eigenvalue weighted by Gasteiger charge is -2.06. The summed E-state index contributed by atoms with van der Waals surface area (Å²) in [6.07, 6.45) is 0.357. The van der Waals surface area contributed by atoms with Gasteiger partial charge < -0.3 is 0 Å². The normalized spacial score (nSPS) is 11.0. The first kappa shape index (κ1) is 13.9. The van der Waals surface area contributed by atoms with Crippen LogP contribution in [0.2, 0.25) is 0 Å². The molecule has 1 heterocycles. The van der Waals surface area contributed by atoms with E-state index in [0.717, 1.165) is 5.56 Å². The Labute approximate surface area is 126 Å². The third kappa shape index (κ3) is 2.71. The van der Waals surface area contributed by atoms with Crippen molar-refractivity contribution in [1.29, 1.82) is 0 Å². The van der Waals surface area contributed by atoms with Crippen molar-refractivity contribution < 1.29 is 8.78 Å². The summed E-state index contributed by atoms with van der Waals surface area (Å²) < 4.78 is 27.0. The minimum absolute atomic E-state index is 0.347. The second-order valence-electron chi connectivity index (χ2n) is 4.61. The van der Waals surface area contributed by atoms with E-state index in [4.69, 9.17) is 0 Å². The van der Waals surface area contributed by atoms with Crippen molar-refractivity contribution in [3.63, 3.8) is 0 Å². The zero-order valence-corrected chi connectivity index (χ0v) is 12.2. The molecule has 2 aromatic carbocycles. The van der Waals surface area contributed by atoms with E-state index < -0.39 is 5.82 Å². The molecule has 0 saturated carbocycles. The molecule has 0 fully saturated rings. The summed E-state index contributed by atoms with van der Waals surface area (Å²) in [7, 11) is 0. The predicted molar refractivity (Wildman–Crippen MR) is 79.2 cm³/mol. The maximum absolute atomic E-state index is 13.4. The minimum atomic E-state index is -0.434. The summed E-state index contributed by atoms with van der Waals surface area (Å²) >= 11 is 3.12. The van der Waals surface area contributed by atoms with Crippen molar-refractivity contribution in [2.24, 2.45) is 0 Å². The topological polar surface area (TPSA) is 45.8 Å². The quantitative estimate of drug-likeness (QED) is 0.768. The first-order chi connectivity index (χ1) is 10.0. The summed E-state index contributed by atoms with van der Waals surface area (Å²) in [5, 5.41) is 7.21. The highest BCUT2D eigenvalue weighted by Crippen LogP contribution is 2.21. The minimum Gasteiger partial charge on any atom is -0.267 e. The van der Waals surface area contributed by atoms with Crippen LogP contribution in [0.25, 0.3) is 10.8 Å². The Balaban J connectivity index is 2.12. The van der Waals surface area contributed by atoms with E-state index in [1.807, 2.05) is 0 Å². The van der Waals surface area contributed by atoms with Gasteiger partial charge in [0.2, 0.25) is 0 Å². The fourth-order valence-electron chi connectivity index (χ4n) is 2.17. The predicted octanol–water partition coefficient (Wildman–Crippen LogP) is 3.55. The molecule has 3 nitrogen and oxygen atoms in total. The molecule has 0 saturated heterocycles. The van der Waals surface area contributed by atoms with Crippen LogP contribution in [0.4, 0.5) is 8.78 Å². The number of benzene rings is 2. The maximum atomic E-state index is 13.4. The van der Waals surface area contributed by atoms with Gasteiger partial charge in [0, 0.05) is 11.8 Å². The Bertz CT molecular complexity index is 892. The average molecular weight is 351 g/mol. The molecular formula is C15H9BrF2N2O. The molecule has 1 N–H and O–H groups in total. The summed E-state index contributed by atoms with van der Waals surface area (Å²) in [6.45, 7) is 0. The number of nitrogens with one attached hydrogen (secondary N) is 1. The number of aromatic nitrogens is 2. The number of H-pyrrole nitrogens is 1. The first-order valence-corrected chi connectivity index (χ1v) is 6.94. The van der Waals surface area contributed by atoms with Gasteiger partial charge in [-0.2, -0.15) is 5.10 Å². The van der Waals surface area contributed by atoms with Crippen LogP contribution in [0.15, 0.2) is 45.7 Å². The molecule has 0 radical (unpaired) electrons. The average Bonchev–Trinajstić information content (AvgIpc) is 2.46. The van der Waals surface area contributed by atoms with Crippen molar-refractivity contribution in [3.8, 4) is 0 Å². The second kappa shape index (κ2) is 5.37. The van der Waals surface area contributed by atoms with E-state index in [1.54, 1.807) is 12.1 Å². The number of rotatable bonds is 2. The van der Waals surface area contributed by atoms with Crippen LogP contribution >= 0.6 is 15.9 Å². The molecule has 3 aromatic rings. The van der Waals surface area contributed by atoms with E-state index in [9.17, 15) is 13.6 Å². The van der Waals surface area contributed by atoms with Gasteiger partial charge >= 0.3 is 0 Å². The second-order valence-corrected chi connectivity index (χ2v) is 5.47. The van der Waals surface area contributed by atoms with Gasteiger partial charge in [-0.25, -0.2) is 13.9 Å². The molecule has 0 atom stereocenters. The van der Waals surface area contributed by atoms with E-state index in [1.165, 1.54) is 24.3 Å². The molecule has 3 rings (SSSR count). The molecule has 21 heavy (non-hydrogen) atoms. The number of hydrogen-bond acceptors (Lipinski definition) is 2. The van der Waals surface area contributed by atoms with Crippen molar-refractivity contribution in [2.45, 2.75) is 6.42 Å². The Morgan fingerprint density at radius 2 is 1.90 bits per heavy atom. The molecule has 0 aliphatic rings. The molecule has 0 amide bonds. The Hall–Kier alpha value is -2.08. The monoisotopic (exact) mass is 350 g/mol. The van der Waals surface area contributed by atoms with Crippen molar-refractivity contribution in [1.82, 2.24) is 10.2 Å². The van der Waals surface area contributed by atoms with Gasteiger partial charge in [0.1, 0.15) is 11.6 Å². The van der Waals surface area contributed by atoms with Crippen LogP contribution < -0.4 is 5.56 Å². The third-order valence-electron chi connectivity index (χ3n) is 3.19. The van der Waals surface area contributed by atoms with Crippen molar-refractivity contribution in [3.05, 3.63) is 74.1 Å². The molecule has 0 aliphatic carbocycles. The molecule has 106 valence electrons. The summed E-state index contributed by atoms with van der Waals surface area (Å²) in [4.78, 5) is 11.7. The standard InChI is InChI=1S/C15H9BrF2N2O/c16-12-5-8(1-4-13(12)18)6-14-11-7-9(17)2-3-10(11)15(21)20-19-14/h1-5,7H,6H2,(H,20,21). The highest BCUT2D eigenvalue weighted by atomic mass is 79.9. The number of fused-ring (bicyclic) bond motifs is 1. The Kier molecular flexibility index (Phi) is 3.55. The van der Waals surface area contributed by atoms with Gasteiger partial charge in [-0.15, -0.1) is 0 Å². The van der Waals surface area contributed by atoms with Crippen LogP contribution in [-0.2, 0) is 6.42 Å². The Morgan fingerprint density at radius 1 is 1.10 bits per heavy atom. The fraction of sp³-hybridized carbons (Fsp3) is 0.0667. The molecule has 0 bridgehead atoms. The molecule has 0 unspecified atom stereocenters. The maximum Gasteiger partial charge on any atom is 0.272 e. The van der Waals surface area contributed by atoms with Gasteiger partial charge in [0.15, 0.2) is 0 Å².